The first-order valence-corrected chi connectivity index (χ1v) is 6.13. The van der Waals surface area contributed by atoms with Gasteiger partial charge < -0.3 is 15.8 Å². The van der Waals surface area contributed by atoms with Crippen molar-refractivity contribution in [2.45, 2.75) is 31.7 Å². The van der Waals surface area contributed by atoms with Crippen LogP contribution >= 0.6 is 0 Å². The first-order valence-electron chi connectivity index (χ1n) is 6.13. The van der Waals surface area contributed by atoms with Gasteiger partial charge in [-0.2, -0.15) is 0 Å². The highest BCUT2D eigenvalue weighted by atomic mass is 19.1. The van der Waals surface area contributed by atoms with Gasteiger partial charge in [0.15, 0.2) is 5.84 Å². The highest BCUT2D eigenvalue weighted by Crippen LogP contribution is 2.29. The van der Waals surface area contributed by atoms with Crippen LogP contribution in [0.15, 0.2) is 23.4 Å². The molecule has 1 aliphatic rings. The number of oxime groups is 1. The summed E-state index contributed by atoms with van der Waals surface area (Å²) in [4.78, 5) is 2.10. The van der Waals surface area contributed by atoms with Gasteiger partial charge in [0.1, 0.15) is 5.82 Å². The molecule has 3 N–H and O–H groups in total. The summed E-state index contributed by atoms with van der Waals surface area (Å²) in [6.45, 7) is 0. The highest BCUT2D eigenvalue weighted by Gasteiger charge is 2.22. The molecule has 0 amide bonds. The summed E-state index contributed by atoms with van der Waals surface area (Å²) in [7, 11) is 1.97. The molecule has 0 atom stereocenters. The predicted molar refractivity (Wildman–Crippen MR) is 69.6 cm³/mol. The predicted octanol–water partition coefficient (Wildman–Crippen LogP) is 2.30. The molecule has 1 aromatic rings. The third kappa shape index (κ3) is 2.39. The number of benzene rings is 1. The SMILES string of the molecule is CN(c1ccc(F)cc1C(N)=NO)C1CCCC1. The van der Waals surface area contributed by atoms with Gasteiger partial charge in [0.2, 0.25) is 0 Å². The van der Waals surface area contributed by atoms with E-state index in [1.54, 1.807) is 6.07 Å². The number of halogens is 1. The fraction of sp³-hybridized carbons (Fsp3) is 0.462. The van der Waals surface area contributed by atoms with Crippen molar-refractivity contribution in [2.75, 3.05) is 11.9 Å². The maximum atomic E-state index is 13.3. The van der Waals surface area contributed by atoms with E-state index in [2.05, 4.69) is 10.1 Å². The Labute approximate surface area is 106 Å². The van der Waals surface area contributed by atoms with Crippen molar-refractivity contribution in [1.29, 1.82) is 0 Å². The monoisotopic (exact) mass is 251 g/mol. The fourth-order valence-electron chi connectivity index (χ4n) is 2.56. The Hall–Kier alpha value is -1.78. The molecule has 1 aromatic carbocycles. The molecule has 98 valence electrons. The maximum absolute atomic E-state index is 13.3. The second-order valence-electron chi connectivity index (χ2n) is 4.70. The minimum absolute atomic E-state index is 0.0608. The summed E-state index contributed by atoms with van der Waals surface area (Å²) in [5.41, 5.74) is 6.85. The van der Waals surface area contributed by atoms with E-state index in [-0.39, 0.29) is 11.7 Å². The van der Waals surface area contributed by atoms with Crippen LogP contribution in [0.3, 0.4) is 0 Å². The minimum Gasteiger partial charge on any atom is -0.409 e. The molecule has 0 saturated heterocycles. The van der Waals surface area contributed by atoms with Crippen molar-refractivity contribution in [1.82, 2.24) is 0 Å². The van der Waals surface area contributed by atoms with Gasteiger partial charge in [0.05, 0.1) is 0 Å². The Kier molecular flexibility index (Phi) is 3.69. The largest absolute Gasteiger partial charge is 0.409 e. The van der Waals surface area contributed by atoms with Gasteiger partial charge >= 0.3 is 0 Å². The smallest absolute Gasteiger partial charge is 0.172 e. The molecular formula is C13H18FN3O. The third-order valence-corrected chi connectivity index (χ3v) is 3.59. The van der Waals surface area contributed by atoms with Gasteiger partial charge in [0, 0.05) is 24.3 Å². The van der Waals surface area contributed by atoms with E-state index in [9.17, 15) is 4.39 Å². The van der Waals surface area contributed by atoms with Gasteiger partial charge in [-0.1, -0.05) is 18.0 Å². The molecule has 0 radical (unpaired) electrons. The topological polar surface area (TPSA) is 61.8 Å². The fourth-order valence-corrected chi connectivity index (χ4v) is 2.56. The first-order chi connectivity index (χ1) is 8.63. The Morgan fingerprint density at radius 3 is 2.72 bits per heavy atom. The van der Waals surface area contributed by atoms with Crippen LogP contribution in [0.1, 0.15) is 31.2 Å². The Morgan fingerprint density at radius 2 is 2.11 bits per heavy atom. The van der Waals surface area contributed by atoms with Crippen LogP contribution in [0.5, 0.6) is 0 Å². The lowest BCUT2D eigenvalue weighted by atomic mass is 10.1. The summed E-state index contributed by atoms with van der Waals surface area (Å²) >= 11 is 0. The summed E-state index contributed by atoms with van der Waals surface area (Å²) in [5, 5.41) is 11.7. The maximum Gasteiger partial charge on any atom is 0.172 e. The normalized spacial score (nSPS) is 17.1. The van der Waals surface area contributed by atoms with Gasteiger partial charge in [-0.05, 0) is 31.0 Å². The molecule has 0 unspecified atom stereocenters. The van der Waals surface area contributed by atoms with E-state index in [0.29, 0.717) is 11.6 Å². The summed E-state index contributed by atoms with van der Waals surface area (Å²) in [6, 6.07) is 4.83. The van der Waals surface area contributed by atoms with Crippen LogP contribution in [-0.4, -0.2) is 24.1 Å². The average Bonchev–Trinajstić information content (AvgIpc) is 2.90. The Bertz CT molecular complexity index is 456. The zero-order valence-electron chi connectivity index (χ0n) is 10.4. The zero-order valence-corrected chi connectivity index (χ0v) is 10.4. The first kappa shape index (κ1) is 12.7. The van der Waals surface area contributed by atoms with E-state index < -0.39 is 0 Å². The van der Waals surface area contributed by atoms with Crippen molar-refractivity contribution in [2.24, 2.45) is 10.9 Å². The van der Waals surface area contributed by atoms with Crippen LogP contribution in [0, 0.1) is 5.82 Å². The van der Waals surface area contributed by atoms with Crippen molar-refractivity contribution < 1.29 is 9.60 Å². The van der Waals surface area contributed by atoms with E-state index in [4.69, 9.17) is 10.9 Å². The Morgan fingerprint density at radius 1 is 1.44 bits per heavy atom. The lowest BCUT2D eigenvalue weighted by Crippen LogP contribution is -2.31. The molecule has 5 heteroatoms. The summed E-state index contributed by atoms with van der Waals surface area (Å²) < 4.78 is 13.3. The van der Waals surface area contributed by atoms with E-state index in [1.807, 2.05) is 7.05 Å². The number of hydrogen-bond donors (Lipinski definition) is 2. The van der Waals surface area contributed by atoms with Gasteiger partial charge in [-0.25, -0.2) is 4.39 Å². The number of nitrogens with zero attached hydrogens (tertiary/aromatic N) is 2. The summed E-state index contributed by atoms with van der Waals surface area (Å²) in [6.07, 6.45) is 4.69. The van der Waals surface area contributed by atoms with E-state index in [1.165, 1.54) is 25.0 Å². The minimum atomic E-state index is -0.389. The molecule has 0 heterocycles. The van der Waals surface area contributed by atoms with E-state index in [0.717, 1.165) is 18.5 Å². The lowest BCUT2D eigenvalue weighted by Gasteiger charge is -2.28. The van der Waals surface area contributed by atoms with E-state index >= 15 is 0 Å². The molecule has 0 aromatic heterocycles. The molecular weight excluding hydrogens is 233 g/mol. The van der Waals surface area contributed by atoms with Gasteiger partial charge in [0.25, 0.3) is 0 Å². The van der Waals surface area contributed by atoms with Crippen LogP contribution in [0.4, 0.5) is 10.1 Å². The van der Waals surface area contributed by atoms with Gasteiger partial charge in [-0.3, -0.25) is 0 Å². The molecule has 1 fully saturated rings. The Balaban J connectivity index is 2.36. The standard InChI is InChI=1S/C13H18FN3O/c1-17(10-4-2-3-5-10)12-7-6-9(14)8-11(12)13(15)16-18/h6-8,10,18H,2-5H2,1H3,(H2,15,16). The molecule has 4 nitrogen and oxygen atoms in total. The number of amidine groups is 1. The van der Waals surface area contributed by atoms with Crippen molar-refractivity contribution in [3.63, 3.8) is 0 Å². The molecule has 18 heavy (non-hydrogen) atoms. The van der Waals surface area contributed by atoms with Crippen molar-refractivity contribution in [3.05, 3.63) is 29.6 Å². The van der Waals surface area contributed by atoms with Crippen molar-refractivity contribution in [3.8, 4) is 0 Å². The number of rotatable bonds is 3. The van der Waals surface area contributed by atoms with Crippen LogP contribution in [0.25, 0.3) is 0 Å². The van der Waals surface area contributed by atoms with Crippen LogP contribution in [-0.2, 0) is 0 Å². The molecule has 1 aliphatic carbocycles. The quantitative estimate of drug-likeness (QED) is 0.375. The number of anilines is 1. The van der Waals surface area contributed by atoms with Crippen LogP contribution < -0.4 is 10.6 Å². The van der Waals surface area contributed by atoms with Crippen LogP contribution in [0.2, 0.25) is 0 Å². The molecule has 0 spiro atoms. The molecule has 0 aliphatic heterocycles. The lowest BCUT2D eigenvalue weighted by molar-refractivity contribution is 0.318. The molecule has 2 rings (SSSR count). The summed E-state index contributed by atoms with van der Waals surface area (Å²) in [5.74, 6) is -0.450. The highest BCUT2D eigenvalue weighted by molar-refractivity contribution is 6.02. The van der Waals surface area contributed by atoms with Crippen molar-refractivity contribution >= 4 is 11.5 Å². The molecule has 0 bridgehead atoms. The zero-order chi connectivity index (χ0) is 13.1. The number of hydrogen-bond acceptors (Lipinski definition) is 3. The second-order valence-corrected chi connectivity index (χ2v) is 4.70. The van der Waals surface area contributed by atoms with Gasteiger partial charge in [-0.15, -0.1) is 0 Å². The second kappa shape index (κ2) is 5.25. The average molecular weight is 251 g/mol. The number of nitrogens with two attached hydrogens (primary N) is 1. The molecule has 1 saturated carbocycles. The third-order valence-electron chi connectivity index (χ3n) is 3.59.